The van der Waals surface area contributed by atoms with Crippen LogP contribution < -0.4 is 4.90 Å². The Labute approximate surface area is 189 Å². The largest absolute Gasteiger partial charge is 0.394 e. The van der Waals surface area contributed by atoms with Gasteiger partial charge in [0.1, 0.15) is 11.9 Å². The number of nitriles is 1. The van der Waals surface area contributed by atoms with Gasteiger partial charge in [0.2, 0.25) is 0 Å². The summed E-state index contributed by atoms with van der Waals surface area (Å²) in [6.07, 6.45) is 0. The number of aromatic nitrogens is 1. The van der Waals surface area contributed by atoms with Gasteiger partial charge < -0.3 is 10.0 Å². The lowest BCUT2D eigenvalue weighted by Crippen LogP contribution is -2.63. The number of aliphatic hydroxyl groups is 1. The minimum absolute atomic E-state index is 0.0667. The van der Waals surface area contributed by atoms with E-state index in [4.69, 9.17) is 4.98 Å². The first-order valence-electron chi connectivity index (χ1n) is 10.4. The summed E-state index contributed by atoms with van der Waals surface area (Å²) in [7, 11) is 0. The van der Waals surface area contributed by atoms with Crippen LogP contribution in [0.15, 0.2) is 84.2 Å². The van der Waals surface area contributed by atoms with Crippen molar-refractivity contribution >= 4 is 16.5 Å². The monoisotopic (exact) mass is 441 g/mol. The molecule has 0 saturated carbocycles. The van der Waals surface area contributed by atoms with Crippen molar-refractivity contribution in [2.45, 2.75) is 18.0 Å². The van der Waals surface area contributed by atoms with Crippen molar-refractivity contribution in [2.24, 2.45) is 0 Å². The van der Waals surface area contributed by atoms with Crippen molar-refractivity contribution < 1.29 is 9.50 Å². The second-order valence-electron chi connectivity index (χ2n) is 7.77. The minimum Gasteiger partial charge on any atom is -0.394 e. The van der Waals surface area contributed by atoms with E-state index in [2.05, 4.69) is 6.07 Å². The van der Waals surface area contributed by atoms with E-state index < -0.39 is 6.04 Å². The number of anilines is 1. The van der Waals surface area contributed by atoms with Crippen LogP contribution in [0, 0.1) is 17.1 Å². The zero-order chi connectivity index (χ0) is 22.1. The smallest absolute Gasteiger partial charge is 0.187 e. The van der Waals surface area contributed by atoms with Gasteiger partial charge in [0.05, 0.1) is 24.4 Å². The van der Waals surface area contributed by atoms with Crippen molar-refractivity contribution in [3.8, 4) is 28.5 Å². The van der Waals surface area contributed by atoms with Crippen LogP contribution in [0.4, 0.5) is 9.52 Å². The quantitative estimate of drug-likeness (QED) is 0.446. The van der Waals surface area contributed by atoms with Crippen LogP contribution in [0.25, 0.3) is 22.4 Å². The minimum atomic E-state index is -0.404. The van der Waals surface area contributed by atoms with Gasteiger partial charge in [-0.25, -0.2) is 9.37 Å². The molecule has 5 rings (SSSR count). The van der Waals surface area contributed by atoms with Gasteiger partial charge >= 0.3 is 0 Å². The van der Waals surface area contributed by atoms with Crippen LogP contribution in [-0.2, 0) is 0 Å². The Morgan fingerprint density at radius 3 is 2.22 bits per heavy atom. The maximum atomic E-state index is 13.2. The first-order valence-corrected chi connectivity index (χ1v) is 11.2. The molecule has 1 N–H and O–H groups in total. The maximum Gasteiger partial charge on any atom is 0.187 e. The number of benzene rings is 3. The van der Waals surface area contributed by atoms with Crippen LogP contribution >= 0.6 is 11.3 Å². The molecule has 1 aromatic heterocycles. The van der Waals surface area contributed by atoms with E-state index in [9.17, 15) is 14.8 Å². The number of thiazole rings is 1. The fourth-order valence-electron chi connectivity index (χ4n) is 4.34. The van der Waals surface area contributed by atoms with Gasteiger partial charge in [-0.2, -0.15) is 5.26 Å². The standard InChI is InChI=1S/C26H20FN3OS/c27-21-12-10-18(11-13-21)17-6-8-20(9-7-17)25-23(14-28)30(24(25)15-31)26-29-22(16-32-26)19-4-2-1-3-5-19/h1-13,16,23-25,31H,15H2/t23-,24-,25+/m1/s1. The molecule has 1 aliphatic heterocycles. The SMILES string of the molecule is N#C[C@@H]1[C@H](c2ccc(-c3ccc(F)cc3)cc2)[C@@H](CO)N1c1nc(-c2ccccc2)cs1. The summed E-state index contributed by atoms with van der Waals surface area (Å²) in [5, 5.41) is 22.8. The molecule has 2 heterocycles. The fraction of sp³-hybridized carbons (Fsp3) is 0.154. The van der Waals surface area contributed by atoms with E-state index in [0.717, 1.165) is 33.1 Å². The molecule has 32 heavy (non-hydrogen) atoms. The van der Waals surface area contributed by atoms with Crippen molar-refractivity contribution in [1.29, 1.82) is 5.26 Å². The van der Waals surface area contributed by atoms with E-state index in [1.165, 1.54) is 23.5 Å². The second-order valence-corrected chi connectivity index (χ2v) is 8.60. The fourth-order valence-corrected chi connectivity index (χ4v) is 5.26. The predicted octanol–water partition coefficient (Wildman–Crippen LogP) is 5.47. The number of hydrogen-bond acceptors (Lipinski definition) is 5. The Bertz CT molecular complexity index is 1250. The van der Waals surface area contributed by atoms with Gasteiger partial charge in [-0.3, -0.25) is 0 Å². The first-order chi connectivity index (χ1) is 15.7. The molecule has 6 heteroatoms. The molecule has 3 atom stereocenters. The molecule has 0 spiro atoms. The normalized spacial score (nSPS) is 19.9. The molecule has 158 valence electrons. The lowest BCUT2D eigenvalue weighted by atomic mass is 9.76. The van der Waals surface area contributed by atoms with E-state index in [1.54, 1.807) is 12.1 Å². The van der Waals surface area contributed by atoms with E-state index in [0.29, 0.717) is 0 Å². The number of nitrogens with zero attached hydrogens (tertiary/aromatic N) is 3. The molecule has 0 aliphatic carbocycles. The zero-order valence-corrected chi connectivity index (χ0v) is 17.9. The summed E-state index contributed by atoms with van der Waals surface area (Å²) < 4.78 is 13.2. The molecule has 0 radical (unpaired) electrons. The lowest BCUT2D eigenvalue weighted by molar-refractivity contribution is 0.187. The third-order valence-electron chi connectivity index (χ3n) is 5.99. The van der Waals surface area contributed by atoms with E-state index in [-0.39, 0.29) is 24.4 Å². The van der Waals surface area contributed by atoms with Crippen molar-refractivity contribution in [2.75, 3.05) is 11.5 Å². The molecule has 0 amide bonds. The van der Waals surface area contributed by atoms with Gasteiger partial charge in [-0.15, -0.1) is 11.3 Å². The summed E-state index contributed by atoms with van der Waals surface area (Å²) in [5.74, 6) is -0.378. The highest BCUT2D eigenvalue weighted by atomic mass is 32.1. The van der Waals surface area contributed by atoms with Crippen molar-refractivity contribution in [3.63, 3.8) is 0 Å². The molecule has 3 aromatic carbocycles. The Kier molecular flexibility index (Phi) is 5.44. The number of hydrogen-bond donors (Lipinski definition) is 1. The number of aliphatic hydroxyl groups excluding tert-OH is 1. The molecule has 4 nitrogen and oxygen atoms in total. The Balaban J connectivity index is 1.40. The summed E-state index contributed by atoms with van der Waals surface area (Å²) in [6.45, 7) is -0.0667. The summed E-state index contributed by atoms with van der Waals surface area (Å²) in [6, 6.07) is 26.0. The Hall–Kier alpha value is -3.53. The third kappa shape index (κ3) is 3.56. The maximum absolute atomic E-state index is 13.2. The molecule has 1 fully saturated rings. The topological polar surface area (TPSA) is 60.1 Å². The van der Waals surface area contributed by atoms with Crippen LogP contribution in [0.3, 0.4) is 0 Å². The predicted molar refractivity (Wildman–Crippen MR) is 125 cm³/mol. The van der Waals surface area contributed by atoms with Gasteiger partial charge in [0, 0.05) is 16.9 Å². The van der Waals surface area contributed by atoms with Crippen molar-refractivity contribution in [3.05, 3.63) is 95.6 Å². The molecular formula is C26H20FN3OS. The van der Waals surface area contributed by atoms with Gasteiger partial charge in [-0.1, -0.05) is 66.7 Å². The molecule has 1 aliphatic rings. The van der Waals surface area contributed by atoms with Crippen molar-refractivity contribution in [1.82, 2.24) is 4.98 Å². The average Bonchev–Trinajstić information content (AvgIpc) is 3.30. The number of rotatable bonds is 5. The van der Waals surface area contributed by atoms with E-state index >= 15 is 0 Å². The summed E-state index contributed by atoms with van der Waals surface area (Å²) in [4.78, 5) is 6.67. The van der Waals surface area contributed by atoms with Crippen LogP contribution in [0.2, 0.25) is 0 Å². The van der Waals surface area contributed by atoms with Crippen LogP contribution in [-0.4, -0.2) is 28.8 Å². The summed E-state index contributed by atoms with van der Waals surface area (Å²) in [5.41, 5.74) is 4.80. The Morgan fingerprint density at radius 2 is 1.59 bits per heavy atom. The van der Waals surface area contributed by atoms with Crippen LogP contribution in [0.1, 0.15) is 11.5 Å². The van der Waals surface area contributed by atoms with E-state index in [1.807, 2.05) is 64.9 Å². The highest BCUT2D eigenvalue weighted by Crippen LogP contribution is 2.45. The first kappa shape index (κ1) is 20.4. The molecule has 0 bridgehead atoms. The average molecular weight is 442 g/mol. The summed E-state index contributed by atoms with van der Waals surface area (Å²) >= 11 is 1.49. The zero-order valence-electron chi connectivity index (χ0n) is 17.1. The van der Waals surface area contributed by atoms with Crippen LogP contribution in [0.5, 0.6) is 0 Å². The number of halogens is 1. The highest BCUT2D eigenvalue weighted by Gasteiger charge is 2.50. The lowest BCUT2D eigenvalue weighted by Gasteiger charge is -2.51. The molecule has 1 saturated heterocycles. The third-order valence-corrected chi connectivity index (χ3v) is 6.84. The highest BCUT2D eigenvalue weighted by molar-refractivity contribution is 7.14. The molecule has 4 aromatic rings. The van der Waals surface area contributed by atoms with Gasteiger partial charge in [0.15, 0.2) is 5.13 Å². The second kappa shape index (κ2) is 8.54. The van der Waals surface area contributed by atoms with Gasteiger partial charge in [0.25, 0.3) is 0 Å². The van der Waals surface area contributed by atoms with Gasteiger partial charge in [-0.05, 0) is 28.8 Å². The molecule has 0 unspecified atom stereocenters. The molecular weight excluding hydrogens is 421 g/mol. The Morgan fingerprint density at radius 1 is 0.938 bits per heavy atom.